The van der Waals surface area contributed by atoms with Crippen molar-refractivity contribution in [2.24, 2.45) is 5.73 Å². The third-order valence-electron chi connectivity index (χ3n) is 4.63. The molecule has 1 aromatic heterocycles. The molecule has 0 saturated heterocycles. The molecule has 1 unspecified atom stereocenters. The molecule has 2 aromatic carbocycles. The van der Waals surface area contributed by atoms with Gasteiger partial charge in [0, 0.05) is 11.3 Å². The van der Waals surface area contributed by atoms with E-state index in [0.29, 0.717) is 34.4 Å². The van der Waals surface area contributed by atoms with Crippen molar-refractivity contribution in [3.8, 4) is 22.9 Å². The van der Waals surface area contributed by atoms with Gasteiger partial charge in [0.2, 0.25) is 11.9 Å². The molecule has 0 bridgehead atoms. The van der Waals surface area contributed by atoms with Gasteiger partial charge in [0.05, 0.1) is 12.7 Å². The summed E-state index contributed by atoms with van der Waals surface area (Å²) < 4.78 is 6.88. The van der Waals surface area contributed by atoms with Gasteiger partial charge in [-0.15, -0.1) is 5.10 Å². The minimum atomic E-state index is -0.604. The van der Waals surface area contributed by atoms with Crippen LogP contribution in [0.4, 0.5) is 5.95 Å². The fraction of sp³-hybridized carbons (Fsp3) is 0.150. The summed E-state index contributed by atoms with van der Waals surface area (Å²) in [6, 6.07) is 13.5. The summed E-state index contributed by atoms with van der Waals surface area (Å²) in [6.45, 7) is 1.76. The summed E-state index contributed by atoms with van der Waals surface area (Å²) in [5, 5.41) is 17.6. The number of aromatic nitrogens is 3. The van der Waals surface area contributed by atoms with Crippen LogP contribution in [0.25, 0.3) is 11.4 Å². The number of hydrogen-bond acceptors (Lipinski definition) is 6. The largest absolute Gasteiger partial charge is 0.508 e. The number of nitrogens with two attached hydrogens (primary N) is 1. The number of fused-ring (bicyclic) bond motifs is 1. The summed E-state index contributed by atoms with van der Waals surface area (Å²) in [4.78, 5) is 16.8. The standard InChI is InChI=1S/C20H19N5O3/c1-11-16(18(21)27)17(12-5-3-7-14(26)9-12)25-20(22-11)23-19(24-25)13-6-4-8-15(10-13)28-2/h3-10,17,26H,1-2H3,(H2,21,27)(H,22,23,24). The minimum Gasteiger partial charge on any atom is -0.508 e. The number of nitrogens with one attached hydrogen (secondary N) is 1. The molecule has 0 radical (unpaired) electrons. The molecule has 0 spiro atoms. The summed E-state index contributed by atoms with van der Waals surface area (Å²) in [6.07, 6.45) is 0. The molecule has 4 rings (SSSR count). The second-order valence-electron chi connectivity index (χ2n) is 6.46. The fourth-order valence-electron chi connectivity index (χ4n) is 3.36. The Morgan fingerprint density at radius 2 is 2.04 bits per heavy atom. The normalized spacial score (nSPS) is 15.7. The molecule has 3 aromatic rings. The number of phenols is 1. The van der Waals surface area contributed by atoms with Crippen LogP contribution < -0.4 is 15.8 Å². The summed E-state index contributed by atoms with van der Waals surface area (Å²) in [5.41, 5.74) is 8.07. The highest BCUT2D eigenvalue weighted by molar-refractivity contribution is 5.95. The number of nitrogens with zero attached hydrogens (tertiary/aromatic N) is 3. The Hall–Kier alpha value is -3.81. The number of phenolic OH excluding ortho intramolecular Hbond substituents is 1. The van der Waals surface area contributed by atoms with Gasteiger partial charge in [0.15, 0.2) is 5.82 Å². The van der Waals surface area contributed by atoms with E-state index in [-0.39, 0.29) is 5.75 Å². The Kier molecular flexibility index (Phi) is 4.23. The Balaban J connectivity index is 1.88. The van der Waals surface area contributed by atoms with E-state index in [1.54, 1.807) is 36.9 Å². The molecule has 4 N–H and O–H groups in total. The number of ether oxygens (including phenoxy) is 1. The van der Waals surface area contributed by atoms with Crippen LogP contribution in [0.2, 0.25) is 0 Å². The van der Waals surface area contributed by atoms with E-state index < -0.39 is 11.9 Å². The third-order valence-corrected chi connectivity index (χ3v) is 4.63. The maximum absolute atomic E-state index is 12.2. The van der Waals surface area contributed by atoms with Gasteiger partial charge in [-0.2, -0.15) is 4.98 Å². The number of anilines is 1. The maximum atomic E-state index is 12.2. The number of primary amides is 1. The van der Waals surface area contributed by atoms with Crippen molar-refractivity contribution in [3.05, 3.63) is 65.4 Å². The lowest BCUT2D eigenvalue weighted by Crippen LogP contribution is -2.31. The zero-order valence-electron chi connectivity index (χ0n) is 15.4. The molecule has 2 heterocycles. The van der Waals surface area contributed by atoms with E-state index >= 15 is 0 Å². The monoisotopic (exact) mass is 377 g/mol. The van der Waals surface area contributed by atoms with Gasteiger partial charge in [-0.05, 0) is 36.8 Å². The van der Waals surface area contributed by atoms with Gasteiger partial charge in [-0.25, -0.2) is 4.68 Å². The van der Waals surface area contributed by atoms with Gasteiger partial charge in [-0.3, -0.25) is 4.79 Å². The van der Waals surface area contributed by atoms with Crippen LogP contribution >= 0.6 is 0 Å². The van der Waals surface area contributed by atoms with Crippen molar-refractivity contribution in [3.63, 3.8) is 0 Å². The van der Waals surface area contributed by atoms with E-state index in [0.717, 1.165) is 5.56 Å². The highest BCUT2D eigenvalue weighted by Gasteiger charge is 2.33. The highest BCUT2D eigenvalue weighted by Crippen LogP contribution is 2.37. The first kappa shape index (κ1) is 17.6. The SMILES string of the molecule is COc1cccc(-c2nc3n(n2)C(c2cccc(O)c2)C(C(N)=O)=C(C)N3)c1. The van der Waals surface area contributed by atoms with Crippen LogP contribution in [0.5, 0.6) is 11.5 Å². The zero-order chi connectivity index (χ0) is 19.8. The Morgan fingerprint density at radius 1 is 1.25 bits per heavy atom. The molecule has 1 aliphatic heterocycles. The summed E-state index contributed by atoms with van der Waals surface area (Å²) in [7, 11) is 1.59. The first-order valence-electron chi connectivity index (χ1n) is 8.65. The van der Waals surface area contributed by atoms with Crippen LogP contribution in [-0.4, -0.2) is 32.9 Å². The van der Waals surface area contributed by atoms with E-state index in [1.165, 1.54) is 0 Å². The summed E-state index contributed by atoms with van der Waals surface area (Å²) >= 11 is 0. The number of allylic oxidation sites excluding steroid dienone is 1. The van der Waals surface area contributed by atoms with Crippen molar-refractivity contribution in [1.29, 1.82) is 0 Å². The number of carbonyl (C=O) groups excluding carboxylic acids is 1. The number of rotatable bonds is 4. The minimum absolute atomic E-state index is 0.0900. The molecule has 0 aliphatic carbocycles. The molecule has 1 atom stereocenters. The van der Waals surface area contributed by atoms with E-state index in [1.807, 2.05) is 30.3 Å². The van der Waals surface area contributed by atoms with E-state index in [2.05, 4.69) is 15.4 Å². The van der Waals surface area contributed by atoms with Crippen molar-refractivity contribution >= 4 is 11.9 Å². The number of benzene rings is 2. The van der Waals surface area contributed by atoms with E-state index in [9.17, 15) is 9.90 Å². The van der Waals surface area contributed by atoms with Crippen LogP contribution in [0.15, 0.2) is 59.8 Å². The number of methoxy groups -OCH3 is 1. The Labute approximate surface area is 161 Å². The maximum Gasteiger partial charge on any atom is 0.248 e. The third kappa shape index (κ3) is 2.94. The predicted octanol–water partition coefficient (Wildman–Crippen LogP) is 2.43. The summed E-state index contributed by atoms with van der Waals surface area (Å²) in [5.74, 6) is 1.17. The molecule has 0 fully saturated rings. The lowest BCUT2D eigenvalue weighted by atomic mass is 9.95. The average Bonchev–Trinajstić information content (AvgIpc) is 3.10. The van der Waals surface area contributed by atoms with Crippen molar-refractivity contribution < 1.29 is 14.6 Å². The van der Waals surface area contributed by atoms with Gasteiger partial charge < -0.3 is 20.9 Å². The van der Waals surface area contributed by atoms with Crippen LogP contribution in [-0.2, 0) is 4.79 Å². The molecule has 8 heteroatoms. The van der Waals surface area contributed by atoms with Gasteiger partial charge >= 0.3 is 0 Å². The number of hydrogen-bond donors (Lipinski definition) is 3. The average molecular weight is 377 g/mol. The molecule has 142 valence electrons. The molecule has 0 saturated carbocycles. The second-order valence-corrected chi connectivity index (χ2v) is 6.46. The van der Waals surface area contributed by atoms with Crippen LogP contribution in [0.3, 0.4) is 0 Å². The van der Waals surface area contributed by atoms with Crippen molar-refractivity contribution in [1.82, 2.24) is 14.8 Å². The smallest absolute Gasteiger partial charge is 0.248 e. The quantitative estimate of drug-likeness (QED) is 0.643. The van der Waals surface area contributed by atoms with Crippen LogP contribution in [0.1, 0.15) is 18.5 Å². The Bertz CT molecular complexity index is 1100. The van der Waals surface area contributed by atoms with E-state index in [4.69, 9.17) is 10.5 Å². The molecule has 28 heavy (non-hydrogen) atoms. The lowest BCUT2D eigenvalue weighted by Gasteiger charge is -2.27. The first-order valence-corrected chi connectivity index (χ1v) is 8.65. The van der Waals surface area contributed by atoms with Gasteiger partial charge in [0.1, 0.15) is 17.5 Å². The molecular formula is C20H19N5O3. The van der Waals surface area contributed by atoms with Crippen LogP contribution in [0, 0.1) is 0 Å². The van der Waals surface area contributed by atoms with Gasteiger partial charge in [-0.1, -0.05) is 24.3 Å². The van der Waals surface area contributed by atoms with Crippen molar-refractivity contribution in [2.45, 2.75) is 13.0 Å². The first-order chi connectivity index (χ1) is 13.5. The second kappa shape index (κ2) is 6.73. The highest BCUT2D eigenvalue weighted by atomic mass is 16.5. The molecule has 1 amide bonds. The number of carbonyl (C=O) groups is 1. The molecular weight excluding hydrogens is 358 g/mol. The zero-order valence-corrected chi connectivity index (χ0v) is 15.4. The topological polar surface area (TPSA) is 115 Å². The van der Waals surface area contributed by atoms with Crippen molar-refractivity contribution in [2.75, 3.05) is 12.4 Å². The molecule has 1 aliphatic rings. The fourth-order valence-corrected chi connectivity index (χ4v) is 3.36. The lowest BCUT2D eigenvalue weighted by molar-refractivity contribution is -0.115. The predicted molar refractivity (Wildman–Crippen MR) is 104 cm³/mol. The molecule has 8 nitrogen and oxygen atoms in total. The Morgan fingerprint density at radius 3 is 2.75 bits per heavy atom. The van der Waals surface area contributed by atoms with Gasteiger partial charge in [0.25, 0.3) is 0 Å². The number of amides is 1. The number of aromatic hydroxyl groups is 1.